The summed E-state index contributed by atoms with van der Waals surface area (Å²) in [6.45, 7) is 3.56. The predicted molar refractivity (Wildman–Crippen MR) is 78.8 cm³/mol. The largest absolute Gasteiger partial charge is 0.376 e. The summed E-state index contributed by atoms with van der Waals surface area (Å²) in [6.07, 6.45) is 6.72. The van der Waals surface area contributed by atoms with E-state index in [1.54, 1.807) is 6.07 Å². The molecule has 20 heavy (non-hydrogen) atoms. The first-order valence-corrected chi connectivity index (χ1v) is 7.03. The van der Waals surface area contributed by atoms with E-state index in [0.717, 1.165) is 25.0 Å². The molecule has 0 heterocycles. The van der Waals surface area contributed by atoms with Gasteiger partial charge in [-0.3, -0.25) is 10.2 Å². The summed E-state index contributed by atoms with van der Waals surface area (Å²) < 4.78 is 5.80. The Morgan fingerprint density at radius 1 is 1.40 bits per heavy atom. The van der Waals surface area contributed by atoms with Crippen molar-refractivity contribution in [2.45, 2.75) is 26.4 Å². The van der Waals surface area contributed by atoms with Crippen molar-refractivity contribution in [2.24, 2.45) is 17.7 Å². The molecule has 0 saturated heterocycles. The summed E-state index contributed by atoms with van der Waals surface area (Å²) in [4.78, 5) is 11.4. The van der Waals surface area contributed by atoms with Crippen LogP contribution in [0.1, 0.15) is 35.7 Å². The lowest BCUT2D eigenvalue weighted by Crippen LogP contribution is -2.30. The van der Waals surface area contributed by atoms with Crippen LogP contribution in [0.5, 0.6) is 0 Å². The van der Waals surface area contributed by atoms with Gasteiger partial charge >= 0.3 is 0 Å². The van der Waals surface area contributed by atoms with E-state index in [1.165, 1.54) is 0 Å². The number of ether oxygens (including phenoxy) is 1. The number of nitrogens with two attached hydrogens (primary N) is 1. The highest BCUT2D eigenvalue weighted by molar-refractivity contribution is 5.93. The van der Waals surface area contributed by atoms with Crippen LogP contribution in [0.2, 0.25) is 0 Å². The number of carbonyl (C=O) groups excluding carboxylic acids is 1. The summed E-state index contributed by atoms with van der Waals surface area (Å²) >= 11 is 0. The number of benzene rings is 1. The van der Waals surface area contributed by atoms with Crippen LogP contribution >= 0.6 is 0 Å². The number of rotatable bonds is 5. The lowest BCUT2D eigenvalue weighted by atomic mass is 9.85. The molecule has 2 rings (SSSR count). The van der Waals surface area contributed by atoms with Gasteiger partial charge in [0.15, 0.2) is 0 Å². The van der Waals surface area contributed by atoms with E-state index in [1.807, 2.05) is 18.2 Å². The van der Waals surface area contributed by atoms with Crippen molar-refractivity contribution in [3.63, 3.8) is 0 Å². The Morgan fingerprint density at radius 2 is 2.20 bits per heavy atom. The van der Waals surface area contributed by atoms with Gasteiger partial charge in [-0.1, -0.05) is 31.2 Å². The highest BCUT2D eigenvalue weighted by atomic mass is 16.5. The molecule has 0 saturated carbocycles. The average Bonchev–Trinajstić information content (AvgIpc) is 2.49. The normalized spacial score (nSPS) is 21.7. The summed E-state index contributed by atoms with van der Waals surface area (Å²) in [6, 6.07) is 7.35. The average molecular weight is 274 g/mol. The molecule has 0 aromatic heterocycles. The Balaban J connectivity index is 1.85. The SMILES string of the molecule is CC1CC=CCC1COCc1cccc(C(=O)NN)c1. The summed E-state index contributed by atoms with van der Waals surface area (Å²) in [5.74, 6) is 6.12. The van der Waals surface area contributed by atoms with E-state index in [-0.39, 0.29) is 5.91 Å². The van der Waals surface area contributed by atoms with Crippen LogP contribution in [-0.2, 0) is 11.3 Å². The standard InChI is InChI=1S/C16H22N2O2/c1-12-5-2-3-7-15(12)11-20-10-13-6-4-8-14(9-13)16(19)18-17/h2-4,6,8-9,12,15H,5,7,10-11,17H2,1H3,(H,18,19). The zero-order chi connectivity index (χ0) is 14.4. The summed E-state index contributed by atoms with van der Waals surface area (Å²) in [5, 5.41) is 0. The van der Waals surface area contributed by atoms with Crippen LogP contribution in [0.15, 0.2) is 36.4 Å². The third kappa shape index (κ3) is 3.92. The molecule has 1 aromatic carbocycles. The van der Waals surface area contributed by atoms with E-state index < -0.39 is 0 Å². The van der Waals surface area contributed by atoms with Gasteiger partial charge in [-0.25, -0.2) is 5.84 Å². The molecule has 1 aliphatic carbocycles. The minimum absolute atomic E-state index is 0.280. The van der Waals surface area contributed by atoms with Crippen LogP contribution < -0.4 is 11.3 Å². The monoisotopic (exact) mass is 274 g/mol. The molecule has 1 aliphatic rings. The van der Waals surface area contributed by atoms with Crippen molar-refractivity contribution in [2.75, 3.05) is 6.61 Å². The molecule has 0 aliphatic heterocycles. The van der Waals surface area contributed by atoms with Gasteiger partial charge in [0.2, 0.25) is 0 Å². The van der Waals surface area contributed by atoms with Gasteiger partial charge in [0, 0.05) is 5.56 Å². The molecule has 4 nitrogen and oxygen atoms in total. The fourth-order valence-corrected chi connectivity index (χ4v) is 2.45. The van der Waals surface area contributed by atoms with Crippen LogP contribution in [0, 0.1) is 11.8 Å². The molecule has 0 bridgehead atoms. The number of allylic oxidation sites excluding steroid dienone is 2. The van der Waals surface area contributed by atoms with Crippen molar-refractivity contribution in [1.82, 2.24) is 5.43 Å². The number of hydrogen-bond donors (Lipinski definition) is 2. The molecular formula is C16H22N2O2. The van der Waals surface area contributed by atoms with Gasteiger partial charge in [0.05, 0.1) is 13.2 Å². The van der Waals surface area contributed by atoms with Crippen molar-refractivity contribution in [3.8, 4) is 0 Å². The molecule has 2 unspecified atom stereocenters. The van der Waals surface area contributed by atoms with E-state index in [9.17, 15) is 4.79 Å². The van der Waals surface area contributed by atoms with Crippen LogP contribution in [0.25, 0.3) is 0 Å². The van der Waals surface area contributed by atoms with Crippen molar-refractivity contribution < 1.29 is 9.53 Å². The molecule has 0 fully saturated rings. The Hall–Kier alpha value is -1.65. The topological polar surface area (TPSA) is 64.3 Å². The first kappa shape index (κ1) is 14.8. The lowest BCUT2D eigenvalue weighted by molar-refractivity contribution is 0.0680. The van der Waals surface area contributed by atoms with Crippen LogP contribution in [0.3, 0.4) is 0 Å². The molecule has 108 valence electrons. The Bertz CT molecular complexity index is 485. The number of hydrazine groups is 1. The highest BCUT2D eigenvalue weighted by Gasteiger charge is 2.18. The third-order valence-corrected chi connectivity index (χ3v) is 3.84. The van der Waals surface area contributed by atoms with Crippen molar-refractivity contribution >= 4 is 5.91 Å². The molecule has 1 amide bonds. The maximum absolute atomic E-state index is 11.4. The van der Waals surface area contributed by atoms with Gasteiger partial charge in [0.25, 0.3) is 5.91 Å². The molecule has 2 atom stereocenters. The summed E-state index contributed by atoms with van der Waals surface area (Å²) in [5.41, 5.74) is 3.68. The van der Waals surface area contributed by atoms with E-state index >= 15 is 0 Å². The zero-order valence-electron chi connectivity index (χ0n) is 11.8. The van der Waals surface area contributed by atoms with E-state index in [4.69, 9.17) is 10.6 Å². The van der Waals surface area contributed by atoms with Gasteiger partial charge < -0.3 is 4.74 Å². The fraction of sp³-hybridized carbons (Fsp3) is 0.438. The molecule has 0 radical (unpaired) electrons. The first-order chi connectivity index (χ1) is 9.70. The maximum Gasteiger partial charge on any atom is 0.265 e. The molecule has 0 spiro atoms. The minimum atomic E-state index is -0.280. The Kier molecular flexibility index (Phi) is 5.32. The fourth-order valence-electron chi connectivity index (χ4n) is 2.45. The minimum Gasteiger partial charge on any atom is -0.376 e. The Labute approximate surface area is 120 Å². The number of nitrogens with one attached hydrogen (secondary N) is 1. The number of amides is 1. The third-order valence-electron chi connectivity index (χ3n) is 3.84. The number of carbonyl (C=O) groups is 1. The van der Waals surface area contributed by atoms with Crippen molar-refractivity contribution in [3.05, 3.63) is 47.5 Å². The van der Waals surface area contributed by atoms with Crippen LogP contribution in [-0.4, -0.2) is 12.5 Å². The summed E-state index contributed by atoms with van der Waals surface area (Å²) in [7, 11) is 0. The second kappa shape index (κ2) is 7.22. The predicted octanol–water partition coefficient (Wildman–Crippen LogP) is 2.41. The maximum atomic E-state index is 11.4. The zero-order valence-corrected chi connectivity index (χ0v) is 11.8. The first-order valence-electron chi connectivity index (χ1n) is 7.03. The van der Waals surface area contributed by atoms with Gasteiger partial charge in [0.1, 0.15) is 0 Å². The van der Waals surface area contributed by atoms with Crippen molar-refractivity contribution in [1.29, 1.82) is 0 Å². The van der Waals surface area contributed by atoms with E-state index in [0.29, 0.717) is 24.0 Å². The molecule has 4 heteroatoms. The van der Waals surface area contributed by atoms with Crippen LogP contribution in [0.4, 0.5) is 0 Å². The molecule has 3 N–H and O–H groups in total. The highest BCUT2D eigenvalue weighted by Crippen LogP contribution is 2.25. The smallest absolute Gasteiger partial charge is 0.265 e. The van der Waals surface area contributed by atoms with Gasteiger partial charge in [-0.2, -0.15) is 0 Å². The second-order valence-electron chi connectivity index (χ2n) is 5.37. The quantitative estimate of drug-likeness (QED) is 0.375. The molecule has 1 aromatic rings. The second-order valence-corrected chi connectivity index (χ2v) is 5.37. The Morgan fingerprint density at radius 3 is 2.95 bits per heavy atom. The van der Waals surface area contributed by atoms with Gasteiger partial charge in [-0.15, -0.1) is 0 Å². The van der Waals surface area contributed by atoms with Gasteiger partial charge in [-0.05, 0) is 42.4 Å². The molecular weight excluding hydrogens is 252 g/mol. The lowest BCUT2D eigenvalue weighted by Gasteiger charge is -2.24. The number of hydrogen-bond acceptors (Lipinski definition) is 3. The van der Waals surface area contributed by atoms with E-state index in [2.05, 4.69) is 24.5 Å². The number of nitrogen functional groups attached to an aromatic ring is 1.